The van der Waals surface area contributed by atoms with Gasteiger partial charge in [-0.2, -0.15) is 0 Å². The van der Waals surface area contributed by atoms with Crippen LogP contribution < -0.4 is 5.73 Å². The van der Waals surface area contributed by atoms with Gasteiger partial charge in [0.05, 0.1) is 12.7 Å². The van der Waals surface area contributed by atoms with Crippen LogP contribution in [0.3, 0.4) is 0 Å². The predicted molar refractivity (Wildman–Crippen MR) is 48.7 cm³/mol. The van der Waals surface area contributed by atoms with Crippen LogP contribution in [-0.2, 0) is 11.3 Å². The molecule has 0 aromatic heterocycles. The second kappa shape index (κ2) is 2.79. The Bertz CT molecular complexity index is 296. The van der Waals surface area contributed by atoms with Crippen molar-refractivity contribution in [3.05, 3.63) is 29.3 Å². The van der Waals surface area contributed by atoms with Gasteiger partial charge in [-0.3, -0.25) is 0 Å². The van der Waals surface area contributed by atoms with Crippen molar-refractivity contribution in [3.8, 4) is 0 Å². The summed E-state index contributed by atoms with van der Waals surface area (Å²) >= 11 is 0. The number of ether oxygens (including phenoxy) is 1. The first-order valence-electron chi connectivity index (χ1n) is 4.31. The standard InChI is InChI=1S/C10H13NO/c1-2-9-10-7(6-12-9)4-3-5-8(10)11/h3-5,9H,2,6,11H2,1H3. The molecule has 1 unspecified atom stereocenters. The number of rotatable bonds is 1. The summed E-state index contributed by atoms with van der Waals surface area (Å²) in [4.78, 5) is 0. The third-order valence-corrected chi connectivity index (χ3v) is 2.36. The molecule has 2 rings (SSSR count). The van der Waals surface area contributed by atoms with Gasteiger partial charge in [0.2, 0.25) is 0 Å². The molecular formula is C10H13NO. The molecule has 0 fully saturated rings. The van der Waals surface area contributed by atoms with E-state index in [1.54, 1.807) is 0 Å². The molecule has 2 N–H and O–H groups in total. The van der Waals surface area contributed by atoms with Gasteiger partial charge in [-0.15, -0.1) is 0 Å². The van der Waals surface area contributed by atoms with Gasteiger partial charge in [0.1, 0.15) is 0 Å². The molecule has 12 heavy (non-hydrogen) atoms. The number of benzene rings is 1. The SMILES string of the molecule is CCC1OCc2cccc(N)c21. The largest absolute Gasteiger partial charge is 0.398 e. The van der Waals surface area contributed by atoms with Crippen LogP contribution in [-0.4, -0.2) is 0 Å². The zero-order chi connectivity index (χ0) is 8.55. The maximum absolute atomic E-state index is 5.86. The van der Waals surface area contributed by atoms with Crippen molar-refractivity contribution in [2.45, 2.75) is 26.1 Å². The van der Waals surface area contributed by atoms with Crippen LogP contribution in [0.2, 0.25) is 0 Å². The Morgan fingerprint density at radius 2 is 2.42 bits per heavy atom. The molecule has 1 heterocycles. The Labute approximate surface area is 72.3 Å². The molecule has 0 saturated heterocycles. The van der Waals surface area contributed by atoms with Gasteiger partial charge in [0, 0.05) is 11.3 Å². The van der Waals surface area contributed by atoms with E-state index >= 15 is 0 Å². The van der Waals surface area contributed by atoms with Crippen LogP contribution in [0.1, 0.15) is 30.6 Å². The van der Waals surface area contributed by atoms with Gasteiger partial charge in [-0.1, -0.05) is 19.1 Å². The average molecular weight is 163 g/mol. The summed E-state index contributed by atoms with van der Waals surface area (Å²) in [6.07, 6.45) is 1.22. The lowest BCUT2D eigenvalue weighted by molar-refractivity contribution is 0.0639. The summed E-state index contributed by atoms with van der Waals surface area (Å²) in [5.41, 5.74) is 9.19. The summed E-state index contributed by atoms with van der Waals surface area (Å²) < 4.78 is 5.57. The second-order valence-electron chi connectivity index (χ2n) is 3.13. The summed E-state index contributed by atoms with van der Waals surface area (Å²) in [5.74, 6) is 0. The van der Waals surface area contributed by atoms with Crippen molar-refractivity contribution in [2.24, 2.45) is 0 Å². The maximum Gasteiger partial charge on any atom is 0.0850 e. The zero-order valence-electron chi connectivity index (χ0n) is 7.21. The lowest BCUT2D eigenvalue weighted by Gasteiger charge is -2.09. The Kier molecular flexibility index (Phi) is 1.77. The molecule has 2 nitrogen and oxygen atoms in total. The monoisotopic (exact) mass is 163 g/mol. The number of hydrogen-bond donors (Lipinski definition) is 1. The van der Waals surface area contributed by atoms with E-state index in [-0.39, 0.29) is 6.10 Å². The van der Waals surface area contributed by atoms with Gasteiger partial charge >= 0.3 is 0 Å². The van der Waals surface area contributed by atoms with Gasteiger partial charge in [0.25, 0.3) is 0 Å². The minimum atomic E-state index is 0.223. The highest BCUT2D eigenvalue weighted by Gasteiger charge is 2.23. The quantitative estimate of drug-likeness (QED) is 0.644. The van der Waals surface area contributed by atoms with Gasteiger partial charge in [0.15, 0.2) is 0 Å². The number of nitrogen functional groups attached to an aromatic ring is 1. The van der Waals surface area contributed by atoms with Crippen molar-refractivity contribution in [1.29, 1.82) is 0 Å². The second-order valence-corrected chi connectivity index (χ2v) is 3.13. The Morgan fingerprint density at radius 1 is 1.58 bits per heavy atom. The van der Waals surface area contributed by atoms with E-state index in [0.717, 1.165) is 18.7 Å². The highest BCUT2D eigenvalue weighted by atomic mass is 16.5. The summed E-state index contributed by atoms with van der Waals surface area (Å²) in [7, 11) is 0. The van der Waals surface area contributed by atoms with Crippen LogP contribution in [0, 0.1) is 0 Å². The molecule has 1 aromatic rings. The number of fused-ring (bicyclic) bond motifs is 1. The Balaban J connectivity index is 2.48. The molecule has 2 heteroatoms. The zero-order valence-corrected chi connectivity index (χ0v) is 7.21. The van der Waals surface area contributed by atoms with Crippen molar-refractivity contribution >= 4 is 5.69 Å². The average Bonchev–Trinajstić information content (AvgIpc) is 2.49. The lowest BCUT2D eigenvalue weighted by Crippen LogP contribution is -1.98. The van der Waals surface area contributed by atoms with E-state index in [4.69, 9.17) is 10.5 Å². The molecule has 1 aliphatic heterocycles. The Hall–Kier alpha value is -1.02. The maximum atomic E-state index is 5.86. The van der Waals surface area contributed by atoms with E-state index in [0.29, 0.717) is 0 Å². The fourth-order valence-electron chi connectivity index (χ4n) is 1.75. The molecule has 0 amide bonds. The third-order valence-electron chi connectivity index (χ3n) is 2.36. The molecule has 1 aliphatic rings. The molecule has 0 aliphatic carbocycles. The van der Waals surface area contributed by atoms with Gasteiger partial charge in [-0.25, -0.2) is 0 Å². The highest BCUT2D eigenvalue weighted by Crippen LogP contribution is 2.36. The fraction of sp³-hybridized carbons (Fsp3) is 0.400. The van der Waals surface area contributed by atoms with Crippen LogP contribution in [0.25, 0.3) is 0 Å². The van der Waals surface area contributed by atoms with Gasteiger partial charge in [-0.05, 0) is 18.1 Å². The summed E-state index contributed by atoms with van der Waals surface area (Å²) in [6, 6.07) is 6.01. The van der Waals surface area contributed by atoms with E-state index in [1.165, 1.54) is 11.1 Å². The molecule has 1 atom stereocenters. The van der Waals surface area contributed by atoms with Crippen LogP contribution in [0.5, 0.6) is 0 Å². The number of nitrogens with two attached hydrogens (primary N) is 1. The number of hydrogen-bond acceptors (Lipinski definition) is 2. The van der Waals surface area contributed by atoms with Crippen LogP contribution in [0.4, 0.5) is 5.69 Å². The lowest BCUT2D eigenvalue weighted by atomic mass is 10.0. The molecule has 1 aromatic carbocycles. The summed E-state index contributed by atoms with van der Waals surface area (Å²) in [6.45, 7) is 2.84. The minimum Gasteiger partial charge on any atom is -0.398 e. The minimum absolute atomic E-state index is 0.223. The molecule has 0 bridgehead atoms. The van der Waals surface area contributed by atoms with Crippen molar-refractivity contribution in [2.75, 3.05) is 5.73 Å². The van der Waals surface area contributed by atoms with E-state index in [9.17, 15) is 0 Å². The van der Waals surface area contributed by atoms with E-state index in [1.807, 2.05) is 12.1 Å². The molecule has 0 radical (unpaired) electrons. The highest BCUT2D eigenvalue weighted by molar-refractivity contribution is 5.53. The summed E-state index contributed by atoms with van der Waals surface area (Å²) in [5, 5.41) is 0. The van der Waals surface area contributed by atoms with E-state index < -0.39 is 0 Å². The Morgan fingerprint density at radius 3 is 3.17 bits per heavy atom. The number of anilines is 1. The van der Waals surface area contributed by atoms with Crippen molar-refractivity contribution < 1.29 is 4.74 Å². The molecular weight excluding hydrogens is 150 g/mol. The van der Waals surface area contributed by atoms with Crippen LogP contribution >= 0.6 is 0 Å². The normalized spacial score (nSPS) is 20.9. The first-order chi connectivity index (χ1) is 5.83. The first kappa shape index (κ1) is 7.62. The van der Waals surface area contributed by atoms with Crippen LogP contribution in [0.15, 0.2) is 18.2 Å². The van der Waals surface area contributed by atoms with Crippen molar-refractivity contribution in [1.82, 2.24) is 0 Å². The fourth-order valence-corrected chi connectivity index (χ4v) is 1.75. The molecule has 0 saturated carbocycles. The van der Waals surface area contributed by atoms with Crippen molar-refractivity contribution in [3.63, 3.8) is 0 Å². The molecule has 64 valence electrons. The smallest absolute Gasteiger partial charge is 0.0850 e. The molecule has 0 spiro atoms. The third kappa shape index (κ3) is 0.994. The predicted octanol–water partition coefficient (Wildman–Crippen LogP) is 2.25. The van der Waals surface area contributed by atoms with Gasteiger partial charge < -0.3 is 10.5 Å². The first-order valence-corrected chi connectivity index (χ1v) is 4.31. The topological polar surface area (TPSA) is 35.2 Å². The van der Waals surface area contributed by atoms with E-state index in [2.05, 4.69) is 13.0 Å².